The topological polar surface area (TPSA) is 54.8 Å². The minimum absolute atomic E-state index is 0.493. The quantitative estimate of drug-likeness (QED) is 0.714. The summed E-state index contributed by atoms with van der Waals surface area (Å²) >= 11 is 1.82. The van der Waals surface area contributed by atoms with E-state index >= 15 is 0 Å². The normalized spacial score (nSPS) is 17.7. The van der Waals surface area contributed by atoms with Crippen LogP contribution in [0.3, 0.4) is 0 Å². The van der Waals surface area contributed by atoms with Gasteiger partial charge in [0.1, 0.15) is 5.82 Å². The van der Waals surface area contributed by atoms with Crippen LogP contribution in [-0.4, -0.2) is 33.0 Å². The smallest absolute Gasteiger partial charge is 0.161 e. The van der Waals surface area contributed by atoms with Gasteiger partial charge in [0.15, 0.2) is 5.82 Å². The molecule has 128 valence electrons. The summed E-state index contributed by atoms with van der Waals surface area (Å²) in [5.41, 5.74) is 1.99. The second-order valence-electron chi connectivity index (χ2n) is 6.52. The van der Waals surface area contributed by atoms with E-state index in [-0.39, 0.29) is 0 Å². The molecule has 1 aliphatic rings. The summed E-state index contributed by atoms with van der Waals surface area (Å²) in [4.78, 5) is 21.8. The van der Waals surface area contributed by atoms with E-state index in [4.69, 9.17) is 4.98 Å². The van der Waals surface area contributed by atoms with Gasteiger partial charge in [0.05, 0.1) is 5.01 Å². The molecule has 6 heteroatoms. The van der Waals surface area contributed by atoms with Gasteiger partial charge in [-0.15, -0.1) is 11.3 Å². The van der Waals surface area contributed by atoms with E-state index in [0.717, 1.165) is 42.4 Å². The van der Waals surface area contributed by atoms with Crippen LogP contribution in [0.15, 0.2) is 36.8 Å². The lowest BCUT2D eigenvalue weighted by Gasteiger charge is -2.33. The molecule has 3 aromatic heterocycles. The zero-order valence-electron chi connectivity index (χ0n) is 14.5. The first kappa shape index (κ1) is 16.1. The van der Waals surface area contributed by atoms with E-state index < -0.39 is 0 Å². The third-order valence-electron chi connectivity index (χ3n) is 4.51. The van der Waals surface area contributed by atoms with Gasteiger partial charge in [0, 0.05) is 59.8 Å². The van der Waals surface area contributed by atoms with Crippen LogP contribution in [0.5, 0.6) is 0 Å². The van der Waals surface area contributed by atoms with E-state index in [1.54, 1.807) is 12.4 Å². The Morgan fingerprint density at radius 2 is 2.00 bits per heavy atom. The molecular weight excluding hydrogens is 330 g/mol. The van der Waals surface area contributed by atoms with Crippen LogP contribution in [0.2, 0.25) is 0 Å². The first-order chi connectivity index (χ1) is 12.2. The third-order valence-corrected chi connectivity index (χ3v) is 5.59. The third kappa shape index (κ3) is 3.54. The van der Waals surface area contributed by atoms with Gasteiger partial charge < -0.3 is 4.90 Å². The summed E-state index contributed by atoms with van der Waals surface area (Å²) in [6.45, 7) is 6.16. The molecule has 0 aromatic carbocycles. The van der Waals surface area contributed by atoms with Gasteiger partial charge in [-0.1, -0.05) is 0 Å². The zero-order valence-corrected chi connectivity index (χ0v) is 15.3. The van der Waals surface area contributed by atoms with Crippen LogP contribution in [-0.2, 0) is 0 Å². The second-order valence-corrected chi connectivity index (χ2v) is 7.79. The highest BCUT2D eigenvalue weighted by atomic mass is 32.1. The Labute approximate surface area is 151 Å². The summed E-state index contributed by atoms with van der Waals surface area (Å²) in [7, 11) is 0. The van der Waals surface area contributed by atoms with Crippen molar-refractivity contribution in [2.45, 2.75) is 32.6 Å². The van der Waals surface area contributed by atoms with Crippen LogP contribution in [0.25, 0.3) is 11.4 Å². The lowest BCUT2D eigenvalue weighted by Crippen LogP contribution is -2.35. The molecule has 0 spiro atoms. The number of hydrogen-bond donors (Lipinski definition) is 0. The maximum absolute atomic E-state index is 4.83. The minimum atomic E-state index is 0.493. The van der Waals surface area contributed by atoms with Crippen molar-refractivity contribution in [1.29, 1.82) is 0 Å². The predicted molar refractivity (Wildman–Crippen MR) is 101 cm³/mol. The molecule has 1 unspecified atom stereocenters. The van der Waals surface area contributed by atoms with Gasteiger partial charge in [-0.25, -0.2) is 15.0 Å². The van der Waals surface area contributed by atoms with E-state index in [0.29, 0.717) is 5.92 Å². The molecule has 1 aliphatic heterocycles. The highest BCUT2D eigenvalue weighted by Crippen LogP contribution is 2.32. The summed E-state index contributed by atoms with van der Waals surface area (Å²) in [6, 6.07) is 5.99. The number of hydrogen-bond acceptors (Lipinski definition) is 6. The number of thiazole rings is 1. The molecule has 0 saturated carbocycles. The Kier molecular flexibility index (Phi) is 4.44. The number of piperidine rings is 1. The lowest BCUT2D eigenvalue weighted by molar-refractivity contribution is 0.505. The minimum Gasteiger partial charge on any atom is -0.356 e. The summed E-state index contributed by atoms with van der Waals surface area (Å²) in [6.07, 6.45) is 7.90. The molecule has 1 fully saturated rings. The fourth-order valence-corrected chi connectivity index (χ4v) is 4.19. The molecule has 4 heterocycles. The standard InChI is InChI=1S/C19H21N5S/c1-13-10-17(23-18(22-13)15-5-7-20-8-6-15)24-9-3-4-16(12-24)19-21-11-14(2)25-19/h5-8,10-11,16H,3-4,9,12H2,1-2H3. The van der Waals surface area contributed by atoms with Gasteiger partial charge in [0.2, 0.25) is 0 Å². The molecule has 0 radical (unpaired) electrons. The van der Waals surface area contributed by atoms with Crippen LogP contribution < -0.4 is 4.90 Å². The lowest BCUT2D eigenvalue weighted by atomic mass is 9.99. The van der Waals surface area contributed by atoms with Crippen LogP contribution in [0, 0.1) is 13.8 Å². The summed E-state index contributed by atoms with van der Waals surface area (Å²) < 4.78 is 0. The fourth-order valence-electron chi connectivity index (χ4n) is 3.29. The molecule has 0 aliphatic carbocycles. The van der Waals surface area contributed by atoms with Crippen molar-refractivity contribution in [2.75, 3.05) is 18.0 Å². The van der Waals surface area contributed by atoms with Gasteiger partial charge in [-0.2, -0.15) is 0 Å². The average Bonchev–Trinajstić information content (AvgIpc) is 3.08. The monoisotopic (exact) mass is 351 g/mol. The van der Waals surface area contributed by atoms with E-state index in [9.17, 15) is 0 Å². The molecular formula is C19H21N5S. The van der Waals surface area contributed by atoms with E-state index in [2.05, 4.69) is 32.8 Å². The predicted octanol–water partition coefficient (Wildman–Crippen LogP) is 4.00. The van der Waals surface area contributed by atoms with Gasteiger partial charge in [-0.05, 0) is 38.8 Å². The maximum atomic E-state index is 4.83. The van der Waals surface area contributed by atoms with Gasteiger partial charge >= 0.3 is 0 Å². The number of pyridine rings is 1. The molecule has 3 aromatic rings. The Morgan fingerprint density at radius 3 is 2.76 bits per heavy atom. The highest BCUT2D eigenvalue weighted by Gasteiger charge is 2.25. The molecule has 1 atom stereocenters. The molecule has 1 saturated heterocycles. The van der Waals surface area contributed by atoms with E-state index in [1.807, 2.05) is 36.6 Å². The zero-order chi connectivity index (χ0) is 17.2. The molecule has 0 N–H and O–H groups in total. The maximum Gasteiger partial charge on any atom is 0.161 e. The number of nitrogens with zero attached hydrogens (tertiary/aromatic N) is 5. The number of aromatic nitrogens is 4. The first-order valence-corrected chi connectivity index (χ1v) is 9.44. The molecule has 0 amide bonds. The van der Waals surface area contributed by atoms with Crippen molar-refractivity contribution < 1.29 is 0 Å². The number of aryl methyl sites for hydroxylation is 2. The van der Waals surface area contributed by atoms with E-state index in [1.165, 1.54) is 16.3 Å². The Hall–Kier alpha value is -2.34. The first-order valence-electron chi connectivity index (χ1n) is 8.62. The Morgan fingerprint density at radius 1 is 1.16 bits per heavy atom. The molecule has 0 bridgehead atoms. The largest absolute Gasteiger partial charge is 0.356 e. The summed E-state index contributed by atoms with van der Waals surface area (Å²) in [5, 5.41) is 1.25. The summed E-state index contributed by atoms with van der Waals surface area (Å²) in [5.74, 6) is 2.27. The van der Waals surface area contributed by atoms with Crippen molar-refractivity contribution in [3.05, 3.63) is 52.4 Å². The van der Waals surface area contributed by atoms with Crippen molar-refractivity contribution >= 4 is 17.2 Å². The fraction of sp³-hybridized carbons (Fsp3) is 0.368. The van der Waals surface area contributed by atoms with Crippen molar-refractivity contribution in [3.63, 3.8) is 0 Å². The Bertz CT molecular complexity index is 861. The Balaban J connectivity index is 1.61. The van der Waals surface area contributed by atoms with Crippen molar-refractivity contribution in [3.8, 4) is 11.4 Å². The molecule has 25 heavy (non-hydrogen) atoms. The van der Waals surface area contributed by atoms with Crippen molar-refractivity contribution in [2.24, 2.45) is 0 Å². The van der Waals surface area contributed by atoms with Crippen LogP contribution in [0.1, 0.15) is 34.3 Å². The van der Waals surface area contributed by atoms with Gasteiger partial charge in [-0.3, -0.25) is 4.98 Å². The van der Waals surface area contributed by atoms with Crippen molar-refractivity contribution in [1.82, 2.24) is 19.9 Å². The van der Waals surface area contributed by atoms with Crippen LogP contribution in [0.4, 0.5) is 5.82 Å². The number of anilines is 1. The average molecular weight is 351 g/mol. The molecule has 4 rings (SSSR count). The SMILES string of the molecule is Cc1cc(N2CCCC(c3ncc(C)s3)C2)nc(-c2ccncc2)n1. The highest BCUT2D eigenvalue weighted by molar-refractivity contribution is 7.11. The number of rotatable bonds is 3. The second kappa shape index (κ2) is 6.88. The van der Waals surface area contributed by atoms with Crippen LogP contribution >= 0.6 is 11.3 Å². The molecule has 5 nitrogen and oxygen atoms in total. The van der Waals surface area contributed by atoms with Gasteiger partial charge in [0.25, 0.3) is 0 Å².